The van der Waals surface area contributed by atoms with Gasteiger partial charge in [0.25, 0.3) is 5.91 Å². The SMILES string of the molecule is Cc1c(C(F)(F)F)n(F)c2c(C(N)=O)cccc12. The lowest BCUT2D eigenvalue weighted by atomic mass is 10.1. The molecule has 1 amide bonds. The number of benzene rings is 1. The molecule has 1 heterocycles. The summed E-state index contributed by atoms with van der Waals surface area (Å²) in [7, 11) is 0. The molecule has 0 aliphatic rings. The zero-order valence-corrected chi connectivity index (χ0v) is 9.18. The highest BCUT2D eigenvalue weighted by Gasteiger charge is 2.39. The van der Waals surface area contributed by atoms with Crippen molar-refractivity contribution >= 4 is 16.8 Å². The fourth-order valence-corrected chi connectivity index (χ4v) is 1.97. The molecule has 3 nitrogen and oxygen atoms in total. The van der Waals surface area contributed by atoms with E-state index in [1.807, 2.05) is 0 Å². The Bertz CT molecular complexity index is 643. The van der Waals surface area contributed by atoms with Gasteiger partial charge in [-0.25, -0.2) is 0 Å². The molecule has 96 valence electrons. The number of nitrogens with zero attached hydrogens (tertiary/aromatic N) is 1. The second-order valence-electron chi connectivity index (χ2n) is 3.82. The first-order valence-corrected chi connectivity index (χ1v) is 4.92. The minimum Gasteiger partial charge on any atom is -0.366 e. The van der Waals surface area contributed by atoms with Crippen LogP contribution in [0, 0.1) is 6.92 Å². The van der Waals surface area contributed by atoms with Crippen molar-refractivity contribution in [3.05, 3.63) is 35.0 Å². The Kier molecular flexibility index (Phi) is 2.57. The number of para-hydroxylation sites is 1. The first-order valence-electron chi connectivity index (χ1n) is 4.92. The van der Waals surface area contributed by atoms with E-state index in [2.05, 4.69) is 0 Å². The molecule has 0 spiro atoms. The molecular formula is C11H8F4N2O. The van der Waals surface area contributed by atoms with Gasteiger partial charge in [-0.3, -0.25) is 4.79 Å². The lowest BCUT2D eigenvalue weighted by molar-refractivity contribution is -0.147. The number of aryl methyl sites for hydroxylation is 1. The van der Waals surface area contributed by atoms with Gasteiger partial charge >= 0.3 is 6.18 Å². The number of hydrogen-bond acceptors (Lipinski definition) is 1. The van der Waals surface area contributed by atoms with Crippen LogP contribution in [0.2, 0.25) is 0 Å². The predicted molar refractivity (Wildman–Crippen MR) is 56.7 cm³/mol. The van der Waals surface area contributed by atoms with Gasteiger partial charge in [-0.15, -0.1) is 0 Å². The van der Waals surface area contributed by atoms with Gasteiger partial charge in [-0.2, -0.15) is 18.0 Å². The number of fused-ring (bicyclic) bond motifs is 1. The molecule has 2 N–H and O–H groups in total. The molecule has 0 saturated heterocycles. The number of carbonyl (C=O) groups excluding carboxylic acids is 1. The standard InChI is InChI=1S/C11H8F4N2O/c1-5-6-3-2-4-7(10(16)18)8(6)17(15)9(5)11(12,13)14/h2-4H,1H3,(H2,16,18). The summed E-state index contributed by atoms with van der Waals surface area (Å²) >= 11 is 0. The molecule has 2 rings (SSSR count). The maximum absolute atomic E-state index is 13.8. The van der Waals surface area contributed by atoms with E-state index in [9.17, 15) is 22.4 Å². The molecule has 1 aromatic carbocycles. The fourth-order valence-electron chi connectivity index (χ4n) is 1.97. The first kappa shape index (κ1) is 12.4. The van der Waals surface area contributed by atoms with Crippen molar-refractivity contribution in [2.45, 2.75) is 13.1 Å². The Morgan fingerprint density at radius 3 is 2.44 bits per heavy atom. The van der Waals surface area contributed by atoms with E-state index in [1.165, 1.54) is 18.2 Å². The van der Waals surface area contributed by atoms with Crippen molar-refractivity contribution < 1.29 is 22.4 Å². The monoisotopic (exact) mass is 260 g/mol. The Morgan fingerprint density at radius 2 is 1.94 bits per heavy atom. The molecule has 0 atom stereocenters. The van der Waals surface area contributed by atoms with E-state index in [0.717, 1.165) is 6.92 Å². The number of amides is 1. The van der Waals surface area contributed by atoms with Crippen LogP contribution in [-0.2, 0) is 6.18 Å². The van der Waals surface area contributed by atoms with Gasteiger partial charge in [0.2, 0.25) is 0 Å². The Morgan fingerprint density at radius 1 is 1.33 bits per heavy atom. The second kappa shape index (κ2) is 3.72. The molecular weight excluding hydrogens is 252 g/mol. The van der Waals surface area contributed by atoms with Gasteiger partial charge in [0.1, 0.15) is 0 Å². The normalized spacial score (nSPS) is 12.1. The molecule has 0 saturated carbocycles. The van der Waals surface area contributed by atoms with E-state index < -0.39 is 28.1 Å². The summed E-state index contributed by atoms with van der Waals surface area (Å²) in [6.45, 7) is 1.14. The quantitative estimate of drug-likeness (QED) is 0.787. The number of rotatable bonds is 1. The molecule has 0 radical (unpaired) electrons. The lowest BCUT2D eigenvalue weighted by Crippen LogP contribution is -2.14. The highest BCUT2D eigenvalue weighted by molar-refractivity contribution is 6.06. The number of nitrogens with two attached hydrogens (primary N) is 1. The number of primary amides is 1. The zero-order chi connectivity index (χ0) is 13.7. The summed E-state index contributed by atoms with van der Waals surface area (Å²) < 4.78 is 51.9. The molecule has 0 bridgehead atoms. The smallest absolute Gasteiger partial charge is 0.366 e. The average Bonchev–Trinajstić information content (AvgIpc) is 2.50. The van der Waals surface area contributed by atoms with Crippen LogP contribution >= 0.6 is 0 Å². The number of aromatic nitrogens is 1. The molecule has 18 heavy (non-hydrogen) atoms. The maximum Gasteiger partial charge on any atom is 0.434 e. The van der Waals surface area contributed by atoms with Gasteiger partial charge in [0.05, 0.1) is 11.1 Å². The molecule has 2 aromatic rings. The summed E-state index contributed by atoms with van der Waals surface area (Å²) in [5, 5.41) is 0.0149. The molecule has 0 aliphatic heterocycles. The maximum atomic E-state index is 13.8. The molecule has 1 aromatic heterocycles. The lowest BCUT2D eigenvalue weighted by Gasteiger charge is -2.06. The second-order valence-corrected chi connectivity index (χ2v) is 3.82. The van der Waals surface area contributed by atoms with E-state index in [4.69, 9.17) is 5.73 Å². The van der Waals surface area contributed by atoms with Gasteiger partial charge in [-0.1, -0.05) is 16.6 Å². The van der Waals surface area contributed by atoms with E-state index >= 15 is 0 Å². The average molecular weight is 260 g/mol. The van der Waals surface area contributed by atoms with Crippen LogP contribution in [0.25, 0.3) is 10.9 Å². The summed E-state index contributed by atoms with van der Waals surface area (Å²) in [6.07, 6.45) is -4.84. The number of halogens is 4. The van der Waals surface area contributed by atoms with Gasteiger partial charge in [-0.05, 0) is 18.6 Å². The van der Waals surface area contributed by atoms with Gasteiger partial charge in [0.15, 0.2) is 5.69 Å². The minimum atomic E-state index is -4.84. The van der Waals surface area contributed by atoms with Crippen LogP contribution in [0.4, 0.5) is 17.7 Å². The summed E-state index contributed by atoms with van der Waals surface area (Å²) in [6, 6.07) is 3.85. The van der Waals surface area contributed by atoms with Gasteiger partial charge in [0, 0.05) is 5.39 Å². The highest BCUT2D eigenvalue weighted by atomic mass is 19.4. The number of alkyl halides is 3. The van der Waals surface area contributed by atoms with Crippen molar-refractivity contribution in [2.75, 3.05) is 0 Å². The first-order chi connectivity index (χ1) is 8.25. The summed E-state index contributed by atoms with van der Waals surface area (Å²) in [5.41, 5.74) is 2.58. The van der Waals surface area contributed by atoms with E-state index in [1.54, 1.807) is 0 Å². The van der Waals surface area contributed by atoms with Crippen LogP contribution in [-0.4, -0.2) is 10.7 Å². The molecule has 0 aliphatic carbocycles. The van der Waals surface area contributed by atoms with Gasteiger partial charge < -0.3 is 5.73 Å². The van der Waals surface area contributed by atoms with Crippen LogP contribution in [0.5, 0.6) is 0 Å². The molecule has 7 heteroatoms. The van der Waals surface area contributed by atoms with Crippen LogP contribution in [0.15, 0.2) is 18.2 Å². The molecule has 0 unspecified atom stereocenters. The van der Waals surface area contributed by atoms with Crippen molar-refractivity contribution in [3.8, 4) is 0 Å². The van der Waals surface area contributed by atoms with Crippen molar-refractivity contribution in [3.63, 3.8) is 0 Å². The Balaban J connectivity index is 2.95. The summed E-state index contributed by atoms with van der Waals surface area (Å²) in [4.78, 5) is 10.6. The third-order valence-corrected chi connectivity index (χ3v) is 2.72. The predicted octanol–water partition coefficient (Wildman–Crippen LogP) is 2.80. The number of carbonyl (C=O) groups is 1. The van der Waals surface area contributed by atoms with Crippen molar-refractivity contribution in [1.82, 2.24) is 4.79 Å². The third-order valence-electron chi connectivity index (χ3n) is 2.72. The zero-order valence-electron chi connectivity index (χ0n) is 9.18. The third kappa shape index (κ3) is 1.62. The largest absolute Gasteiger partial charge is 0.434 e. The highest BCUT2D eigenvalue weighted by Crippen LogP contribution is 2.38. The molecule has 0 fully saturated rings. The summed E-state index contributed by atoms with van der Waals surface area (Å²) in [5.74, 6) is -0.981. The number of hydrogen-bond donors (Lipinski definition) is 1. The van der Waals surface area contributed by atoms with Crippen LogP contribution in [0.3, 0.4) is 0 Å². The van der Waals surface area contributed by atoms with Crippen LogP contribution < -0.4 is 5.73 Å². The Labute approximate surface area is 98.7 Å². The van der Waals surface area contributed by atoms with Crippen molar-refractivity contribution in [1.29, 1.82) is 0 Å². The minimum absolute atomic E-state index is 0.0149. The Hall–Kier alpha value is -2.05. The van der Waals surface area contributed by atoms with E-state index in [-0.39, 0.29) is 16.5 Å². The van der Waals surface area contributed by atoms with Crippen molar-refractivity contribution in [2.24, 2.45) is 5.73 Å². The van der Waals surface area contributed by atoms with Crippen LogP contribution in [0.1, 0.15) is 21.6 Å². The topological polar surface area (TPSA) is 48.0 Å². The fraction of sp³-hybridized carbons (Fsp3) is 0.182. The van der Waals surface area contributed by atoms with E-state index in [0.29, 0.717) is 0 Å².